The topological polar surface area (TPSA) is 75.7 Å². The van der Waals surface area contributed by atoms with E-state index in [1.165, 1.54) is 14.1 Å². The van der Waals surface area contributed by atoms with E-state index in [9.17, 15) is 17.6 Å². The van der Waals surface area contributed by atoms with Crippen LogP contribution >= 0.6 is 11.6 Å². The number of amides is 1. The van der Waals surface area contributed by atoms with Gasteiger partial charge >= 0.3 is 0 Å². The van der Waals surface area contributed by atoms with Crippen molar-refractivity contribution in [3.63, 3.8) is 0 Å². The molecule has 0 heterocycles. The Balaban J connectivity index is 1.66. The molecule has 1 N–H and O–H groups in total. The lowest BCUT2D eigenvalue weighted by Gasteiger charge is -2.46. The number of sulfonamides is 1. The Bertz CT molecular complexity index is 812. The van der Waals surface area contributed by atoms with Crippen molar-refractivity contribution in [2.24, 2.45) is 5.41 Å². The third kappa shape index (κ3) is 3.44. The molecular formula is C19H26ClFN2O4S. The van der Waals surface area contributed by atoms with Gasteiger partial charge in [0.25, 0.3) is 5.91 Å². The number of benzene rings is 1. The molecule has 1 aromatic carbocycles. The van der Waals surface area contributed by atoms with Crippen molar-refractivity contribution in [2.75, 3.05) is 14.1 Å². The fourth-order valence-corrected chi connectivity index (χ4v) is 7.06. The molecule has 3 rings (SSSR count). The summed E-state index contributed by atoms with van der Waals surface area (Å²) in [4.78, 5) is 17.6. The number of alkyl halides is 2. The lowest BCUT2D eigenvalue weighted by molar-refractivity contribution is -0.0510. The molecule has 2 aliphatic carbocycles. The molecule has 0 aromatic heterocycles. The second-order valence-corrected chi connectivity index (χ2v) is 11.0. The van der Waals surface area contributed by atoms with Crippen LogP contribution < -0.4 is 5.48 Å². The van der Waals surface area contributed by atoms with Crippen molar-refractivity contribution in [3.8, 4) is 0 Å². The van der Waals surface area contributed by atoms with Crippen molar-refractivity contribution in [2.45, 2.75) is 55.0 Å². The molecule has 6 nitrogen and oxygen atoms in total. The lowest BCUT2D eigenvalue weighted by atomic mass is 9.71. The summed E-state index contributed by atoms with van der Waals surface area (Å²) in [6.07, 6.45) is 0.530. The van der Waals surface area contributed by atoms with Crippen LogP contribution in [0, 0.1) is 5.41 Å². The van der Waals surface area contributed by atoms with E-state index >= 15 is 0 Å². The molecule has 0 bridgehead atoms. The van der Waals surface area contributed by atoms with Crippen LogP contribution in [0.25, 0.3) is 0 Å². The molecule has 28 heavy (non-hydrogen) atoms. The second-order valence-electron chi connectivity index (χ2n) is 7.83. The third-order valence-corrected chi connectivity index (χ3v) is 9.73. The molecule has 9 heteroatoms. The highest BCUT2D eigenvalue weighted by atomic mass is 35.5. The lowest BCUT2D eigenvalue weighted by Crippen LogP contribution is -2.56. The number of halogens is 2. The number of carbonyl (C=O) groups is 1. The van der Waals surface area contributed by atoms with Crippen molar-refractivity contribution >= 4 is 27.5 Å². The Kier molecular flexibility index (Phi) is 6.06. The van der Waals surface area contributed by atoms with Crippen LogP contribution in [0.1, 0.15) is 48.9 Å². The van der Waals surface area contributed by atoms with Gasteiger partial charge in [-0.3, -0.25) is 9.63 Å². The first-order valence-corrected chi connectivity index (χ1v) is 11.2. The van der Waals surface area contributed by atoms with Crippen molar-refractivity contribution in [1.29, 1.82) is 0 Å². The van der Waals surface area contributed by atoms with E-state index in [-0.39, 0.29) is 18.4 Å². The van der Waals surface area contributed by atoms with Gasteiger partial charge in [-0.15, -0.1) is 0 Å². The number of nitrogens with zero attached hydrogens (tertiary/aromatic N) is 1. The summed E-state index contributed by atoms with van der Waals surface area (Å²) < 4.78 is 39.5. The van der Waals surface area contributed by atoms with Crippen molar-refractivity contribution in [3.05, 3.63) is 35.9 Å². The fraction of sp³-hybridized carbons (Fsp3) is 0.632. The normalized spacial score (nSPS) is 33.3. The van der Waals surface area contributed by atoms with Crippen LogP contribution in [0.5, 0.6) is 0 Å². The van der Waals surface area contributed by atoms with Gasteiger partial charge in [0.2, 0.25) is 10.0 Å². The zero-order valence-electron chi connectivity index (χ0n) is 16.0. The Labute approximate surface area is 170 Å². The zero-order chi connectivity index (χ0) is 20.6. The molecule has 2 saturated carbocycles. The first-order chi connectivity index (χ1) is 13.1. The molecule has 1 aromatic rings. The average molecular weight is 433 g/mol. The molecule has 2 atom stereocenters. The number of hydrogen-bond donors (Lipinski definition) is 1. The van der Waals surface area contributed by atoms with Gasteiger partial charge in [0.05, 0.1) is 6.10 Å². The highest BCUT2D eigenvalue weighted by Crippen LogP contribution is 2.62. The minimum absolute atomic E-state index is 0.132. The van der Waals surface area contributed by atoms with Crippen LogP contribution in [0.15, 0.2) is 30.3 Å². The Morgan fingerprint density at radius 2 is 1.75 bits per heavy atom. The van der Waals surface area contributed by atoms with Gasteiger partial charge in [0.15, 0.2) is 4.21 Å². The summed E-state index contributed by atoms with van der Waals surface area (Å²) in [7, 11) is -1.24. The quantitative estimate of drug-likeness (QED) is 0.572. The van der Waals surface area contributed by atoms with Gasteiger partial charge in [-0.1, -0.05) is 29.8 Å². The van der Waals surface area contributed by atoms with Gasteiger partial charge < -0.3 is 0 Å². The first kappa shape index (κ1) is 21.5. The number of rotatable bonds is 5. The van der Waals surface area contributed by atoms with Gasteiger partial charge in [-0.05, 0) is 50.7 Å². The van der Waals surface area contributed by atoms with Crippen LogP contribution in [0.3, 0.4) is 0 Å². The predicted octanol–water partition coefficient (Wildman–Crippen LogP) is 3.24. The van der Waals surface area contributed by atoms with E-state index in [0.717, 1.165) is 4.31 Å². The smallest absolute Gasteiger partial charge is 0.270 e. The molecule has 156 valence electrons. The molecule has 1 spiro atoms. The maximum Gasteiger partial charge on any atom is 0.274 e. The zero-order valence-corrected chi connectivity index (χ0v) is 17.6. The molecule has 2 aliphatic rings. The molecule has 0 radical (unpaired) electrons. The minimum atomic E-state index is -4.00. The van der Waals surface area contributed by atoms with E-state index in [0.29, 0.717) is 37.7 Å². The number of hydroxylamine groups is 1. The monoisotopic (exact) mass is 432 g/mol. The minimum Gasteiger partial charge on any atom is -0.270 e. The highest BCUT2D eigenvalue weighted by molar-refractivity contribution is 7.92. The van der Waals surface area contributed by atoms with Gasteiger partial charge in [-0.25, -0.2) is 22.6 Å². The third-order valence-electron chi connectivity index (χ3n) is 6.10. The van der Waals surface area contributed by atoms with E-state index in [4.69, 9.17) is 16.4 Å². The maximum atomic E-state index is 14.8. The molecule has 2 unspecified atom stereocenters. The highest BCUT2D eigenvalue weighted by Gasteiger charge is 2.68. The number of hydrogen-bond acceptors (Lipinski definition) is 4. The van der Waals surface area contributed by atoms with Gasteiger partial charge in [0.1, 0.15) is 6.17 Å². The van der Waals surface area contributed by atoms with Gasteiger partial charge in [-0.2, -0.15) is 0 Å². The number of carbonyl (C=O) groups excluding carboxylic acids is 1. The molecule has 0 saturated heterocycles. The fourth-order valence-electron chi connectivity index (χ4n) is 4.43. The van der Waals surface area contributed by atoms with E-state index in [1.54, 1.807) is 24.3 Å². The summed E-state index contributed by atoms with van der Waals surface area (Å²) in [5.41, 5.74) is 2.11. The van der Waals surface area contributed by atoms with Crippen LogP contribution in [-0.4, -0.2) is 49.2 Å². The van der Waals surface area contributed by atoms with Crippen LogP contribution in [0.2, 0.25) is 0 Å². The van der Waals surface area contributed by atoms with E-state index in [1.807, 2.05) is 6.07 Å². The summed E-state index contributed by atoms with van der Waals surface area (Å²) in [5, 5.41) is 0. The molecular weight excluding hydrogens is 407 g/mol. The SMILES string of the molecule is CN(C)S(=O)(=O)C1(Cl)C(F)CCC12CCC(ONC(=O)c1ccccc1)CC2. The summed E-state index contributed by atoms with van der Waals surface area (Å²) in [5.74, 6) is -0.340. The molecule has 1 amide bonds. The van der Waals surface area contributed by atoms with E-state index < -0.39 is 25.8 Å². The Morgan fingerprint density at radius 3 is 2.32 bits per heavy atom. The number of nitrogens with one attached hydrogen (secondary N) is 1. The maximum absolute atomic E-state index is 14.8. The summed E-state index contributed by atoms with van der Waals surface area (Å²) in [6, 6.07) is 8.71. The predicted molar refractivity (Wildman–Crippen MR) is 105 cm³/mol. The largest absolute Gasteiger partial charge is 0.274 e. The van der Waals surface area contributed by atoms with Gasteiger partial charge in [0, 0.05) is 25.1 Å². The second kappa shape index (κ2) is 7.89. The average Bonchev–Trinajstić information content (AvgIpc) is 2.94. The Hall–Kier alpha value is -1.22. The van der Waals surface area contributed by atoms with Crippen LogP contribution in [0.4, 0.5) is 4.39 Å². The summed E-state index contributed by atoms with van der Waals surface area (Å²) >= 11 is 6.58. The van der Waals surface area contributed by atoms with Crippen LogP contribution in [-0.2, 0) is 14.9 Å². The first-order valence-electron chi connectivity index (χ1n) is 9.40. The standard InChI is InChI=1S/C19H26ClFN2O4S/c1-23(2)28(25,26)19(20)16(21)10-13-18(19)11-8-15(9-12-18)27-22-17(24)14-6-4-3-5-7-14/h3-7,15-16H,8-13H2,1-2H3,(H,22,24). The Morgan fingerprint density at radius 1 is 1.18 bits per heavy atom. The molecule has 0 aliphatic heterocycles. The molecule has 2 fully saturated rings. The summed E-state index contributed by atoms with van der Waals surface area (Å²) in [6.45, 7) is 0. The van der Waals surface area contributed by atoms with Crippen molar-refractivity contribution < 1.29 is 22.4 Å². The van der Waals surface area contributed by atoms with Crippen molar-refractivity contribution in [1.82, 2.24) is 9.79 Å². The van der Waals surface area contributed by atoms with E-state index in [2.05, 4.69) is 5.48 Å².